The third-order valence-electron chi connectivity index (χ3n) is 1.43. The second-order valence-electron chi connectivity index (χ2n) is 2.84. The first-order valence-electron chi connectivity index (χ1n) is 3.94. The van der Waals surface area contributed by atoms with E-state index in [0.717, 1.165) is 5.69 Å². The second kappa shape index (κ2) is 4.27. The van der Waals surface area contributed by atoms with E-state index in [4.69, 9.17) is 5.26 Å². The average molecular weight is 173 g/mol. The van der Waals surface area contributed by atoms with Crippen LogP contribution in [-0.4, -0.2) is 24.0 Å². The zero-order valence-corrected chi connectivity index (χ0v) is 7.73. The van der Waals surface area contributed by atoms with Gasteiger partial charge in [0.05, 0.1) is 5.69 Å². The number of aromatic nitrogens is 1. The molecule has 0 atom stereocenters. The van der Waals surface area contributed by atoms with Crippen LogP contribution in [0.5, 0.6) is 0 Å². The van der Waals surface area contributed by atoms with Gasteiger partial charge in [-0.3, -0.25) is 0 Å². The molecule has 1 aromatic rings. The molecule has 0 saturated carbocycles. The van der Waals surface area contributed by atoms with Crippen molar-refractivity contribution in [1.82, 2.24) is 9.88 Å². The topological polar surface area (TPSA) is 39.9 Å². The molecule has 0 unspecified atom stereocenters. The van der Waals surface area contributed by atoms with Crippen LogP contribution in [0.4, 0.5) is 0 Å². The Balaban J connectivity index is 2.85. The molecule has 1 aromatic heterocycles. The number of rotatable bonds is 2. The summed E-state index contributed by atoms with van der Waals surface area (Å²) in [5.41, 5.74) is 1.24. The van der Waals surface area contributed by atoms with Crippen LogP contribution in [0, 0.1) is 11.3 Å². The molecule has 0 radical (unpaired) electrons. The van der Waals surface area contributed by atoms with Crippen molar-refractivity contribution in [2.75, 3.05) is 14.1 Å². The maximum absolute atomic E-state index is 8.59. The van der Waals surface area contributed by atoms with Gasteiger partial charge in [-0.05, 0) is 18.2 Å². The zero-order chi connectivity index (χ0) is 9.68. The Kier molecular flexibility index (Phi) is 3.04. The first-order valence-corrected chi connectivity index (χ1v) is 3.94. The Morgan fingerprint density at radius 3 is 2.85 bits per heavy atom. The van der Waals surface area contributed by atoms with Gasteiger partial charge in [0, 0.05) is 20.3 Å². The van der Waals surface area contributed by atoms with E-state index in [0.29, 0.717) is 5.69 Å². The van der Waals surface area contributed by atoms with E-state index < -0.39 is 0 Å². The Bertz CT molecular complexity index is 347. The molecule has 0 aromatic carbocycles. The lowest BCUT2D eigenvalue weighted by atomic mass is 10.3. The van der Waals surface area contributed by atoms with Gasteiger partial charge in [-0.2, -0.15) is 5.26 Å². The molecule has 0 N–H and O–H groups in total. The fraction of sp³-hybridized carbons (Fsp3) is 0.200. The third kappa shape index (κ3) is 2.96. The van der Waals surface area contributed by atoms with Gasteiger partial charge in [0.25, 0.3) is 0 Å². The molecule has 66 valence electrons. The highest BCUT2D eigenvalue weighted by molar-refractivity contribution is 5.45. The van der Waals surface area contributed by atoms with Crippen molar-refractivity contribution < 1.29 is 0 Å². The summed E-state index contributed by atoms with van der Waals surface area (Å²) >= 11 is 0. The Hall–Kier alpha value is -1.82. The fourth-order valence-electron chi connectivity index (χ4n) is 0.832. The summed E-state index contributed by atoms with van der Waals surface area (Å²) in [6.45, 7) is 0. The van der Waals surface area contributed by atoms with Gasteiger partial charge in [-0.1, -0.05) is 6.07 Å². The molecule has 0 bridgehead atoms. The van der Waals surface area contributed by atoms with Crippen LogP contribution in [0.2, 0.25) is 0 Å². The highest BCUT2D eigenvalue weighted by atomic mass is 15.0. The summed E-state index contributed by atoms with van der Waals surface area (Å²) in [7, 11) is 3.87. The summed E-state index contributed by atoms with van der Waals surface area (Å²) in [6.07, 6.45) is 3.75. The van der Waals surface area contributed by atoms with Gasteiger partial charge >= 0.3 is 0 Å². The second-order valence-corrected chi connectivity index (χ2v) is 2.84. The van der Waals surface area contributed by atoms with E-state index in [9.17, 15) is 0 Å². The number of nitrogens with zero attached hydrogens (tertiary/aromatic N) is 3. The van der Waals surface area contributed by atoms with Gasteiger partial charge in [0.1, 0.15) is 11.8 Å². The quantitative estimate of drug-likeness (QED) is 0.680. The summed E-state index contributed by atoms with van der Waals surface area (Å²) in [5.74, 6) is 0. The summed E-state index contributed by atoms with van der Waals surface area (Å²) in [6, 6.07) is 7.37. The van der Waals surface area contributed by atoms with Crippen LogP contribution in [-0.2, 0) is 0 Å². The molecule has 1 rings (SSSR count). The van der Waals surface area contributed by atoms with E-state index in [-0.39, 0.29) is 0 Å². The molecule has 0 aliphatic carbocycles. The molecule has 1 heterocycles. The van der Waals surface area contributed by atoms with Gasteiger partial charge < -0.3 is 4.90 Å². The highest BCUT2D eigenvalue weighted by Gasteiger charge is 1.91. The maximum atomic E-state index is 8.59. The van der Waals surface area contributed by atoms with Crippen molar-refractivity contribution in [3.63, 3.8) is 0 Å². The SMILES string of the molecule is CN(C)/C=C/c1cccc(C#N)n1. The highest BCUT2D eigenvalue weighted by Crippen LogP contribution is 2.00. The number of hydrogen-bond acceptors (Lipinski definition) is 3. The molecule has 0 spiro atoms. The summed E-state index contributed by atoms with van der Waals surface area (Å²) in [4.78, 5) is 6.01. The van der Waals surface area contributed by atoms with Crippen LogP contribution >= 0.6 is 0 Å². The zero-order valence-electron chi connectivity index (χ0n) is 7.73. The van der Waals surface area contributed by atoms with E-state index >= 15 is 0 Å². The van der Waals surface area contributed by atoms with Crippen LogP contribution in [0.1, 0.15) is 11.4 Å². The average Bonchev–Trinajstić information content (AvgIpc) is 2.15. The Labute approximate surface area is 77.9 Å². The molecule has 3 heteroatoms. The van der Waals surface area contributed by atoms with Crippen molar-refractivity contribution in [3.8, 4) is 6.07 Å². The predicted molar refractivity (Wildman–Crippen MR) is 51.7 cm³/mol. The fourth-order valence-corrected chi connectivity index (χ4v) is 0.832. The summed E-state index contributed by atoms with van der Waals surface area (Å²) < 4.78 is 0. The maximum Gasteiger partial charge on any atom is 0.141 e. The lowest BCUT2D eigenvalue weighted by Gasteiger charge is -2.02. The van der Waals surface area contributed by atoms with Crippen LogP contribution in [0.3, 0.4) is 0 Å². The summed E-state index contributed by atoms with van der Waals surface area (Å²) in [5, 5.41) is 8.59. The van der Waals surface area contributed by atoms with Crippen LogP contribution in [0.15, 0.2) is 24.4 Å². The standard InChI is InChI=1S/C10H11N3/c1-13(2)7-6-9-4-3-5-10(8-11)12-9/h3-7H,1-2H3/b7-6+. The molecule has 13 heavy (non-hydrogen) atoms. The molecule has 3 nitrogen and oxygen atoms in total. The molecule has 0 amide bonds. The van der Waals surface area contributed by atoms with Crippen molar-refractivity contribution in [3.05, 3.63) is 35.8 Å². The molecule has 0 aliphatic heterocycles. The van der Waals surface area contributed by atoms with Crippen molar-refractivity contribution in [2.24, 2.45) is 0 Å². The van der Waals surface area contributed by atoms with Crippen molar-refractivity contribution in [1.29, 1.82) is 5.26 Å². The molecule has 0 saturated heterocycles. The smallest absolute Gasteiger partial charge is 0.141 e. The normalized spacial score (nSPS) is 9.92. The molecule has 0 fully saturated rings. The van der Waals surface area contributed by atoms with Gasteiger partial charge in [-0.15, -0.1) is 0 Å². The Morgan fingerprint density at radius 2 is 2.23 bits per heavy atom. The molecular formula is C10H11N3. The van der Waals surface area contributed by atoms with E-state index in [2.05, 4.69) is 4.98 Å². The van der Waals surface area contributed by atoms with Gasteiger partial charge in [-0.25, -0.2) is 4.98 Å². The first kappa shape index (κ1) is 9.27. The minimum atomic E-state index is 0.445. The van der Waals surface area contributed by atoms with E-state index in [1.807, 2.05) is 49.5 Å². The number of nitriles is 1. The number of pyridine rings is 1. The third-order valence-corrected chi connectivity index (χ3v) is 1.43. The predicted octanol–water partition coefficient (Wildman–Crippen LogP) is 1.49. The molecule has 0 aliphatic rings. The van der Waals surface area contributed by atoms with Crippen molar-refractivity contribution in [2.45, 2.75) is 0 Å². The van der Waals surface area contributed by atoms with Gasteiger partial charge in [0.15, 0.2) is 0 Å². The van der Waals surface area contributed by atoms with E-state index in [1.54, 1.807) is 6.07 Å². The lowest BCUT2D eigenvalue weighted by molar-refractivity contribution is 0.567. The molecular weight excluding hydrogens is 162 g/mol. The largest absolute Gasteiger partial charge is 0.383 e. The minimum Gasteiger partial charge on any atom is -0.383 e. The lowest BCUT2D eigenvalue weighted by Crippen LogP contribution is -1.99. The van der Waals surface area contributed by atoms with Crippen LogP contribution < -0.4 is 0 Å². The first-order chi connectivity index (χ1) is 6.22. The Morgan fingerprint density at radius 1 is 1.46 bits per heavy atom. The number of hydrogen-bond donors (Lipinski definition) is 0. The van der Waals surface area contributed by atoms with Crippen LogP contribution in [0.25, 0.3) is 6.08 Å². The monoisotopic (exact) mass is 173 g/mol. The van der Waals surface area contributed by atoms with Crippen molar-refractivity contribution >= 4 is 6.08 Å². The minimum absolute atomic E-state index is 0.445. The van der Waals surface area contributed by atoms with Gasteiger partial charge in [0.2, 0.25) is 0 Å². The van der Waals surface area contributed by atoms with E-state index in [1.165, 1.54) is 0 Å².